The Morgan fingerprint density at radius 1 is 0.840 bits per heavy atom. The number of rotatable bonds is 21. The number of aliphatic hydroxyl groups excluding tert-OH is 1. The van der Waals surface area contributed by atoms with Gasteiger partial charge in [0.05, 0.1) is 30.8 Å². The second-order valence-electron chi connectivity index (χ2n) is 20.9. The predicted octanol–water partition coefficient (Wildman–Crippen LogP) is 5.54. The van der Waals surface area contributed by atoms with Crippen LogP contribution in [0.3, 0.4) is 0 Å². The van der Waals surface area contributed by atoms with E-state index in [2.05, 4.69) is 17.0 Å². The SMILES string of the molecule is CCC(=O)OC1C(C)OC(OC2C(C)OC(O[C@@H]3C(OC)[C@H](OC(=O)CC)CC(=O)O[C@H](C)CCN(CCCCc4ccccc4)C[C@H](OC(C)=O)[C@H](C)C[C@@H]3CC(OC)OC)C(O)C2N(C)C)CC1(C)OC(C)=O. The smallest absolute Gasteiger partial charge is 0.309 e. The van der Waals surface area contributed by atoms with Crippen LogP contribution in [0.2, 0.25) is 0 Å². The van der Waals surface area contributed by atoms with E-state index in [0.717, 1.165) is 19.3 Å². The molecule has 0 saturated carbocycles. The number of methoxy groups -OCH3 is 3. The number of nitrogens with zero attached hydrogens (tertiary/aromatic N) is 2. The van der Waals surface area contributed by atoms with Crippen molar-refractivity contribution in [3.8, 4) is 0 Å². The van der Waals surface area contributed by atoms with Crippen LogP contribution in [0.4, 0.5) is 0 Å². The average Bonchev–Trinajstić information content (AvgIpc) is 3.34. The quantitative estimate of drug-likeness (QED) is 0.0691. The van der Waals surface area contributed by atoms with Crippen LogP contribution in [-0.2, 0) is 87.2 Å². The van der Waals surface area contributed by atoms with E-state index in [-0.39, 0.29) is 38.0 Å². The molecular weight excluding hydrogens is 977 g/mol. The minimum absolute atomic E-state index is 0.00697. The molecule has 3 fully saturated rings. The number of aliphatic hydroxyl groups is 1. The van der Waals surface area contributed by atoms with Crippen LogP contribution in [0.15, 0.2) is 30.3 Å². The van der Waals surface area contributed by atoms with Gasteiger partial charge in [0.15, 0.2) is 30.6 Å². The number of hydrogen-bond donors (Lipinski definition) is 1. The van der Waals surface area contributed by atoms with Gasteiger partial charge < -0.3 is 66.8 Å². The number of cyclic esters (lactones) is 1. The molecule has 0 spiro atoms. The summed E-state index contributed by atoms with van der Waals surface area (Å²) in [7, 11) is 7.99. The number of esters is 5. The van der Waals surface area contributed by atoms with Crippen LogP contribution in [0.5, 0.6) is 0 Å². The van der Waals surface area contributed by atoms with E-state index >= 15 is 0 Å². The first kappa shape index (κ1) is 63.7. The summed E-state index contributed by atoms with van der Waals surface area (Å²) >= 11 is 0. The number of unbranched alkanes of at least 4 members (excludes halogenated alkanes) is 1. The molecule has 3 saturated heterocycles. The number of hydrogen-bond acceptors (Lipinski definition) is 20. The zero-order valence-electron chi connectivity index (χ0n) is 47.1. The zero-order valence-corrected chi connectivity index (χ0v) is 47.1. The van der Waals surface area contributed by atoms with E-state index in [1.54, 1.807) is 53.6 Å². The summed E-state index contributed by atoms with van der Waals surface area (Å²) in [6.07, 6.45) is -9.38. The molecule has 3 aliphatic heterocycles. The van der Waals surface area contributed by atoms with Gasteiger partial charge in [0.25, 0.3) is 0 Å². The maximum Gasteiger partial charge on any atom is 0.309 e. The van der Waals surface area contributed by atoms with Gasteiger partial charge in [-0.05, 0) is 97.8 Å². The van der Waals surface area contributed by atoms with Crippen molar-refractivity contribution in [2.75, 3.05) is 55.1 Å². The standard InChI is InChI=1S/C55H90N2O18/c1-15-43(60)71-41-30-45(62)67-34(4)25-27-57(26-21-20-24-39-22-18-17-19-23-39)32-42(70-37(7)58)33(3)28-40(29-46(64-12)65-13)51(52(41)66-14)74-54-49(63)48(56(10)11)50(35(5)69-54)73-47-31-55(9,75-38(8)59)53(36(6)68-47)72-44(61)16-2/h17-19,22-23,33-36,40-42,46-54,63H,15-16,20-21,24-32H2,1-14H3/t33-,34-,35?,36?,40-,41-,42+,47?,48?,49?,50?,51+,52?,53?,54?,55?/m1/s1. The van der Waals surface area contributed by atoms with Gasteiger partial charge >= 0.3 is 29.8 Å². The highest BCUT2D eigenvalue weighted by Gasteiger charge is 2.55. The second kappa shape index (κ2) is 30.9. The Kier molecular flexibility index (Phi) is 26.3. The molecule has 3 heterocycles. The molecule has 4 rings (SSSR count). The fourth-order valence-corrected chi connectivity index (χ4v) is 10.7. The van der Waals surface area contributed by atoms with Crippen molar-refractivity contribution in [3.05, 3.63) is 35.9 Å². The van der Waals surface area contributed by atoms with Gasteiger partial charge in [-0.2, -0.15) is 0 Å². The molecule has 0 aromatic heterocycles. The zero-order chi connectivity index (χ0) is 55.6. The number of ether oxygens (including phenoxy) is 12. The van der Waals surface area contributed by atoms with E-state index < -0.39 is 127 Å². The Labute approximate surface area is 445 Å². The van der Waals surface area contributed by atoms with Crippen molar-refractivity contribution >= 4 is 29.8 Å². The summed E-state index contributed by atoms with van der Waals surface area (Å²) in [5.74, 6) is -3.71. The third kappa shape index (κ3) is 19.2. The molecule has 0 amide bonds. The lowest BCUT2D eigenvalue weighted by Crippen LogP contribution is -2.66. The summed E-state index contributed by atoms with van der Waals surface area (Å²) in [4.78, 5) is 69.3. The summed E-state index contributed by atoms with van der Waals surface area (Å²) in [5, 5.41) is 12.6. The topological polar surface area (TPSA) is 223 Å². The third-order valence-electron chi connectivity index (χ3n) is 14.5. The Balaban J connectivity index is 1.78. The van der Waals surface area contributed by atoms with Gasteiger partial charge in [-0.25, -0.2) is 0 Å². The molecule has 1 N–H and O–H groups in total. The van der Waals surface area contributed by atoms with Crippen LogP contribution in [0.1, 0.15) is 126 Å². The number of likely N-dealkylation sites (N-methyl/N-ethyl adjacent to an activating group) is 1. The number of carbonyl (C=O) groups excluding carboxylic acids is 5. The molecule has 16 atom stereocenters. The fraction of sp³-hybridized carbons (Fsp3) is 0.800. The normalized spacial score (nSPS) is 33.7. The van der Waals surface area contributed by atoms with E-state index in [1.807, 2.05) is 32.0 Å². The van der Waals surface area contributed by atoms with Crippen LogP contribution < -0.4 is 0 Å². The van der Waals surface area contributed by atoms with Crippen molar-refractivity contribution in [2.24, 2.45) is 11.8 Å². The lowest BCUT2D eigenvalue weighted by Gasteiger charge is -2.51. The molecule has 3 aliphatic rings. The van der Waals surface area contributed by atoms with Crippen molar-refractivity contribution in [1.82, 2.24) is 9.80 Å². The molecule has 20 heteroatoms. The van der Waals surface area contributed by atoms with Gasteiger partial charge in [0, 0.05) is 73.9 Å². The first-order chi connectivity index (χ1) is 35.6. The van der Waals surface area contributed by atoms with Crippen LogP contribution in [0, 0.1) is 11.8 Å². The molecule has 10 unspecified atom stereocenters. The predicted molar refractivity (Wildman–Crippen MR) is 274 cm³/mol. The van der Waals surface area contributed by atoms with Gasteiger partial charge in [0.2, 0.25) is 0 Å². The van der Waals surface area contributed by atoms with Crippen molar-refractivity contribution < 1.29 is 85.9 Å². The molecule has 20 nitrogen and oxygen atoms in total. The monoisotopic (exact) mass is 1070 g/mol. The highest BCUT2D eigenvalue weighted by Crippen LogP contribution is 2.40. The van der Waals surface area contributed by atoms with E-state index in [9.17, 15) is 29.1 Å². The lowest BCUT2D eigenvalue weighted by molar-refractivity contribution is -0.345. The van der Waals surface area contributed by atoms with Gasteiger partial charge in [-0.3, -0.25) is 28.9 Å². The Bertz CT molecular complexity index is 1910. The van der Waals surface area contributed by atoms with Crippen LogP contribution in [0.25, 0.3) is 0 Å². The molecule has 1 aromatic carbocycles. The van der Waals surface area contributed by atoms with Crippen LogP contribution in [-0.4, -0.2) is 191 Å². The molecule has 0 bridgehead atoms. The molecule has 75 heavy (non-hydrogen) atoms. The highest BCUT2D eigenvalue weighted by molar-refractivity contribution is 5.73. The summed E-state index contributed by atoms with van der Waals surface area (Å²) in [5.41, 5.74) is -0.0825. The Hall–Kier alpha value is -3.83. The molecule has 1 aromatic rings. The summed E-state index contributed by atoms with van der Waals surface area (Å²) in [6.45, 7) is 16.5. The first-order valence-corrected chi connectivity index (χ1v) is 26.8. The van der Waals surface area contributed by atoms with E-state index in [0.29, 0.717) is 32.5 Å². The summed E-state index contributed by atoms with van der Waals surface area (Å²) in [6, 6.07) is 9.47. The van der Waals surface area contributed by atoms with E-state index in [1.165, 1.54) is 40.7 Å². The minimum Gasteiger partial charge on any atom is -0.463 e. The molecule has 428 valence electrons. The fourth-order valence-electron chi connectivity index (χ4n) is 10.7. The van der Waals surface area contributed by atoms with Gasteiger partial charge in [-0.15, -0.1) is 0 Å². The van der Waals surface area contributed by atoms with Gasteiger partial charge in [0.1, 0.15) is 36.6 Å². The number of carbonyl (C=O) groups is 5. The molecule has 0 aliphatic carbocycles. The largest absolute Gasteiger partial charge is 0.463 e. The number of benzene rings is 1. The maximum atomic E-state index is 14.0. The second-order valence-corrected chi connectivity index (χ2v) is 20.9. The highest BCUT2D eigenvalue weighted by atomic mass is 16.7. The molecular formula is C55H90N2O18. The van der Waals surface area contributed by atoms with Crippen molar-refractivity contribution in [3.63, 3.8) is 0 Å². The first-order valence-electron chi connectivity index (χ1n) is 26.8. The Morgan fingerprint density at radius 3 is 2.11 bits per heavy atom. The summed E-state index contributed by atoms with van der Waals surface area (Å²) < 4.78 is 74.4. The van der Waals surface area contributed by atoms with Crippen molar-refractivity contribution in [1.29, 1.82) is 0 Å². The number of aryl methyl sites for hydroxylation is 1. The average molecular weight is 1070 g/mol. The molecule has 0 radical (unpaired) electrons. The van der Waals surface area contributed by atoms with E-state index in [4.69, 9.17) is 56.8 Å². The maximum absolute atomic E-state index is 14.0. The van der Waals surface area contributed by atoms with Crippen LogP contribution >= 0.6 is 0 Å². The Morgan fingerprint density at radius 2 is 1.51 bits per heavy atom. The van der Waals surface area contributed by atoms with Crippen molar-refractivity contribution in [2.45, 2.75) is 218 Å². The van der Waals surface area contributed by atoms with Gasteiger partial charge in [-0.1, -0.05) is 51.1 Å². The third-order valence-corrected chi connectivity index (χ3v) is 14.5. The lowest BCUT2D eigenvalue weighted by atomic mass is 9.81. The minimum atomic E-state index is -1.43.